The Morgan fingerprint density at radius 3 is 2.32 bits per heavy atom. The summed E-state index contributed by atoms with van der Waals surface area (Å²) in [5.74, 6) is 0.0886. The Morgan fingerprint density at radius 2 is 1.76 bits per heavy atom. The molecule has 0 aromatic rings. The molecule has 0 unspecified atom stereocenters. The van der Waals surface area contributed by atoms with Crippen LogP contribution in [0.5, 0.6) is 0 Å². The molecule has 0 aliphatic carbocycles. The number of hydrogen-bond donors (Lipinski definition) is 0. The number of hydrogen-bond acceptors (Lipinski definition) is 4. The molecule has 2 aliphatic heterocycles. The van der Waals surface area contributed by atoms with E-state index in [9.17, 15) is 9.59 Å². The van der Waals surface area contributed by atoms with Crippen LogP contribution in [0.1, 0.15) is 60.8 Å². The summed E-state index contributed by atoms with van der Waals surface area (Å²) < 4.78 is 11.7. The number of carbonyl (C=O) groups is 2. The highest BCUT2D eigenvalue weighted by atomic mass is 28.4. The van der Waals surface area contributed by atoms with Gasteiger partial charge in [0.05, 0.1) is 6.04 Å². The molecule has 0 saturated carbocycles. The number of fused-ring (bicyclic) bond motifs is 1. The average Bonchev–Trinajstić information content (AvgIpc) is 2.87. The minimum Gasteiger partial charge on any atom is -0.447 e. The molecule has 0 aromatic heterocycles. The number of allylic oxidation sites excluding steroid dienone is 2. The molecule has 2 rings (SSSR count). The zero-order chi connectivity index (χ0) is 18.8. The maximum atomic E-state index is 11.9. The number of cyclic esters (lactones) is 1. The third-order valence-electron chi connectivity index (χ3n) is 5.67. The van der Waals surface area contributed by atoms with Gasteiger partial charge in [0.15, 0.2) is 14.1 Å². The van der Waals surface area contributed by atoms with Crippen LogP contribution >= 0.6 is 0 Å². The van der Waals surface area contributed by atoms with Gasteiger partial charge in [-0.05, 0) is 29.5 Å². The zero-order valence-electron chi connectivity index (χ0n) is 16.5. The number of ketones is 1. The Labute approximate surface area is 152 Å². The predicted octanol–water partition coefficient (Wildman–Crippen LogP) is 4.64. The van der Waals surface area contributed by atoms with Crippen LogP contribution in [-0.4, -0.2) is 44.3 Å². The Bertz CT molecular complexity index is 520. The highest BCUT2D eigenvalue weighted by Crippen LogP contribution is 2.42. The van der Waals surface area contributed by atoms with E-state index in [0.717, 1.165) is 12.1 Å². The first-order valence-electron chi connectivity index (χ1n) is 9.53. The maximum Gasteiger partial charge on any atom is 0.414 e. The second-order valence-electron chi connectivity index (χ2n) is 8.18. The van der Waals surface area contributed by atoms with Gasteiger partial charge in [-0.25, -0.2) is 4.79 Å². The minimum atomic E-state index is -1.86. The Balaban J connectivity index is 1.97. The lowest BCUT2D eigenvalue weighted by atomic mass is 10.0. The third kappa shape index (κ3) is 4.00. The summed E-state index contributed by atoms with van der Waals surface area (Å²) in [5.41, 5.74) is 2.46. The topological polar surface area (TPSA) is 55.8 Å². The van der Waals surface area contributed by atoms with Crippen molar-refractivity contribution in [2.75, 3.05) is 13.2 Å². The summed E-state index contributed by atoms with van der Waals surface area (Å²) in [7, 11) is -1.86. The number of carbonyl (C=O) groups excluding carboxylic acids is 2. The minimum absolute atomic E-state index is 0.0886. The Morgan fingerprint density at radius 1 is 1.16 bits per heavy atom. The van der Waals surface area contributed by atoms with E-state index in [1.54, 1.807) is 11.0 Å². The summed E-state index contributed by atoms with van der Waals surface area (Å²) in [4.78, 5) is 25.5. The second kappa shape index (κ2) is 8.04. The molecule has 0 N–H and O–H groups in total. The molecule has 1 saturated heterocycles. The van der Waals surface area contributed by atoms with Gasteiger partial charge in [-0.2, -0.15) is 0 Å². The molecule has 2 heterocycles. The Kier molecular flexibility index (Phi) is 6.49. The molecule has 5 nitrogen and oxygen atoms in total. The summed E-state index contributed by atoms with van der Waals surface area (Å²) >= 11 is 0. The van der Waals surface area contributed by atoms with E-state index >= 15 is 0 Å². The van der Waals surface area contributed by atoms with Crippen LogP contribution in [0.2, 0.25) is 16.6 Å². The van der Waals surface area contributed by atoms with E-state index < -0.39 is 8.32 Å². The lowest BCUT2D eigenvalue weighted by Gasteiger charge is -2.42. The number of rotatable bonds is 8. The molecule has 1 fully saturated rings. The van der Waals surface area contributed by atoms with E-state index in [1.807, 2.05) is 0 Å². The molecule has 0 bridgehead atoms. The van der Waals surface area contributed by atoms with Crippen LogP contribution in [0.4, 0.5) is 4.79 Å². The monoisotopic (exact) mass is 367 g/mol. The highest BCUT2D eigenvalue weighted by Gasteiger charge is 2.45. The van der Waals surface area contributed by atoms with Crippen molar-refractivity contribution in [2.24, 2.45) is 0 Å². The normalized spacial score (nSPS) is 21.2. The van der Waals surface area contributed by atoms with Gasteiger partial charge < -0.3 is 9.16 Å². The van der Waals surface area contributed by atoms with E-state index in [1.165, 1.54) is 0 Å². The van der Waals surface area contributed by atoms with Crippen LogP contribution < -0.4 is 0 Å². The van der Waals surface area contributed by atoms with Crippen molar-refractivity contribution in [3.05, 3.63) is 11.8 Å². The molecule has 1 atom stereocenters. The van der Waals surface area contributed by atoms with Gasteiger partial charge >= 0.3 is 6.09 Å². The van der Waals surface area contributed by atoms with Crippen LogP contribution in [0, 0.1) is 0 Å². The van der Waals surface area contributed by atoms with Crippen LogP contribution in [0.25, 0.3) is 0 Å². The molecule has 0 spiro atoms. The fraction of sp³-hybridized carbons (Fsp3) is 0.789. The van der Waals surface area contributed by atoms with Gasteiger partial charge in [-0.1, -0.05) is 41.5 Å². The predicted molar refractivity (Wildman–Crippen MR) is 101 cm³/mol. The smallest absolute Gasteiger partial charge is 0.414 e. The van der Waals surface area contributed by atoms with Crippen molar-refractivity contribution in [3.63, 3.8) is 0 Å². The van der Waals surface area contributed by atoms with Crippen LogP contribution in [0.3, 0.4) is 0 Å². The van der Waals surface area contributed by atoms with Gasteiger partial charge in [-0.3, -0.25) is 9.69 Å². The van der Waals surface area contributed by atoms with E-state index in [4.69, 9.17) is 9.16 Å². The maximum absolute atomic E-state index is 11.9. The molecule has 0 aromatic carbocycles. The zero-order valence-corrected chi connectivity index (χ0v) is 17.5. The first-order valence-corrected chi connectivity index (χ1v) is 11.7. The number of nitrogens with zero attached hydrogens (tertiary/aromatic N) is 1. The largest absolute Gasteiger partial charge is 0.447 e. The van der Waals surface area contributed by atoms with Crippen molar-refractivity contribution in [2.45, 2.75) is 83.5 Å². The first kappa shape index (κ1) is 20.2. The van der Waals surface area contributed by atoms with Crippen molar-refractivity contribution in [1.82, 2.24) is 4.90 Å². The molecular weight excluding hydrogens is 334 g/mol. The highest BCUT2D eigenvalue weighted by molar-refractivity contribution is 6.77. The Hall–Kier alpha value is -1.14. The summed E-state index contributed by atoms with van der Waals surface area (Å²) in [6.07, 6.45) is 3.16. The van der Waals surface area contributed by atoms with Gasteiger partial charge in [0.1, 0.15) is 6.61 Å². The standard InChI is InChI=1S/C19H33NO4Si/c1-13(2)25(14(3)4,15(5)6)24-9-7-8-16-10-18(21)11-17-12-23-19(22)20(16)17/h10,13-15,17H,7-9,11-12H2,1-6H3/t17-/m1/s1. The van der Waals surface area contributed by atoms with Gasteiger partial charge in [0, 0.05) is 24.8 Å². The van der Waals surface area contributed by atoms with Crippen LogP contribution in [-0.2, 0) is 14.0 Å². The van der Waals surface area contributed by atoms with Crippen molar-refractivity contribution in [3.8, 4) is 0 Å². The fourth-order valence-electron chi connectivity index (χ4n) is 4.70. The lowest BCUT2D eigenvalue weighted by molar-refractivity contribution is -0.116. The third-order valence-corrected chi connectivity index (χ3v) is 11.8. The summed E-state index contributed by atoms with van der Waals surface area (Å²) in [6.45, 7) is 14.7. The van der Waals surface area contributed by atoms with Crippen molar-refractivity contribution >= 4 is 20.2 Å². The molecular formula is C19H33NO4Si. The molecule has 0 radical (unpaired) electrons. The van der Waals surface area contributed by atoms with Crippen molar-refractivity contribution < 1.29 is 18.8 Å². The van der Waals surface area contributed by atoms with E-state index in [0.29, 0.717) is 42.7 Å². The van der Waals surface area contributed by atoms with Gasteiger partial charge in [0.25, 0.3) is 0 Å². The van der Waals surface area contributed by atoms with E-state index in [-0.39, 0.29) is 17.9 Å². The summed E-state index contributed by atoms with van der Waals surface area (Å²) in [6, 6.07) is -0.114. The molecule has 1 amide bonds. The molecule has 6 heteroatoms. The lowest BCUT2D eigenvalue weighted by Crippen LogP contribution is -2.48. The molecule has 142 valence electrons. The fourth-order valence-corrected chi connectivity index (χ4v) is 10.2. The average molecular weight is 368 g/mol. The number of amides is 1. The first-order chi connectivity index (χ1) is 11.7. The van der Waals surface area contributed by atoms with Crippen molar-refractivity contribution in [1.29, 1.82) is 0 Å². The quantitative estimate of drug-likeness (QED) is 0.463. The van der Waals surface area contributed by atoms with Gasteiger partial charge in [-0.15, -0.1) is 0 Å². The summed E-state index contributed by atoms with van der Waals surface area (Å²) in [5, 5.41) is 0. The van der Waals surface area contributed by atoms with Crippen LogP contribution in [0.15, 0.2) is 11.8 Å². The molecule has 2 aliphatic rings. The second-order valence-corrected chi connectivity index (χ2v) is 13.6. The van der Waals surface area contributed by atoms with E-state index in [2.05, 4.69) is 41.5 Å². The number of ether oxygens (including phenoxy) is 1. The SMILES string of the molecule is CC(C)[Si](OCCCC1=CC(=O)C[C@@H]2COC(=O)N12)(C(C)C)C(C)C. The van der Waals surface area contributed by atoms with Gasteiger partial charge in [0.2, 0.25) is 0 Å². The molecule has 25 heavy (non-hydrogen) atoms.